The lowest BCUT2D eigenvalue weighted by Crippen LogP contribution is -2.42. The molecule has 0 saturated carbocycles. The van der Waals surface area contributed by atoms with Crippen molar-refractivity contribution in [1.82, 2.24) is 15.5 Å². The standard InChI is InChI=1S/C21H36N4OS/c1-4-22-21(23-11-5-6-16-27-3)24-17-20(25-12-14-26-15-13-25)19-9-7-18(2)8-10-19/h7-10,20H,4-6,11-17H2,1-3H3,(H2,22,23,24). The summed E-state index contributed by atoms with van der Waals surface area (Å²) in [6.07, 6.45) is 4.58. The minimum atomic E-state index is 0.293. The summed E-state index contributed by atoms with van der Waals surface area (Å²) in [5.41, 5.74) is 2.63. The highest BCUT2D eigenvalue weighted by Gasteiger charge is 2.22. The number of nitrogens with one attached hydrogen (secondary N) is 2. The molecule has 0 aromatic heterocycles. The molecule has 1 atom stereocenters. The molecule has 1 heterocycles. The van der Waals surface area contributed by atoms with Crippen LogP contribution in [-0.2, 0) is 4.74 Å². The number of guanidine groups is 1. The Balaban J connectivity index is 2.01. The maximum Gasteiger partial charge on any atom is 0.191 e. The van der Waals surface area contributed by atoms with Crippen molar-refractivity contribution in [3.63, 3.8) is 0 Å². The van der Waals surface area contributed by atoms with E-state index in [0.717, 1.165) is 51.9 Å². The van der Waals surface area contributed by atoms with Crippen LogP contribution in [0.2, 0.25) is 0 Å². The molecule has 0 aliphatic carbocycles. The van der Waals surface area contributed by atoms with Crippen LogP contribution < -0.4 is 10.6 Å². The minimum Gasteiger partial charge on any atom is -0.379 e. The van der Waals surface area contributed by atoms with E-state index in [-0.39, 0.29) is 0 Å². The van der Waals surface area contributed by atoms with Crippen molar-refractivity contribution in [2.75, 3.05) is 57.9 Å². The molecule has 0 spiro atoms. The van der Waals surface area contributed by atoms with Crippen LogP contribution in [0.25, 0.3) is 0 Å². The Morgan fingerprint density at radius 1 is 1.19 bits per heavy atom. The van der Waals surface area contributed by atoms with Crippen molar-refractivity contribution in [3.8, 4) is 0 Å². The van der Waals surface area contributed by atoms with E-state index in [2.05, 4.69) is 59.9 Å². The average Bonchev–Trinajstić information content (AvgIpc) is 2.70. The Hall–Kier alpha value is -1.24. The van der Waals surface area contributed by atoms with E-state index in [0.29, 0.717) is 6.04 Å². The first-order valence-corrected chi connectivity index (χ1v) is 11.5. The van der Waals surface area contributed by atoms with Crippen molar-refractivity contribution in [3.05, 3.63) is 35.4 Å². The largest absolute Gasteiger partial charge is 0.379 e. The third kappa shape index (κ3) is 8.11. The van der Waals surface area contributed by atoms with E-state index >= 15 is 0 Å². The quantitative estimate of drug-likeness (QED) is 0.364. The lowest BCUT2D eigenvalue weighted by molar-refractivity contribution is 0.0179. The summed E-state index contributed by atoms with van der Waals surface area (Å²) < 4.78 is 5.55. The van der Waals surface area contributed by atoms with Crippen molar-refractivity contribution in [1.29, 1.82) is 0 Å². The highest BCUT2D eigenvalue weighted by molar-refractivity contribution is 7.98. The van der Waals surface area contributed by atoms with E-state index in [1.807, 2.05) is 11.8 Å². The zero-order valence-electron chi connectivity index (χ0n) is 17.2. The molecular weight excluding hydrogens is 356 g/mol. The van der Waals surface area contributed by atoms with Crippen LogP contribution in [0.4, 0.5) is 0 Å². The number of rotatable bonds is 10. The predicted octanol–water partition coefficient (Wildman–Crippen LogP) is 3.07. The van der Waals surface area contributed by atoms with Crippen molar-refractivity contribution >= 4 is 17.7 Å². The molecule has 27 heavy (non-hydrogen) atoms. The number of nitrogens with zero attached hydrogens (tertiary/aromatic N) is 2. The number of benzene rings is 1. The molecule has 1 unspecified atom stereocenters. The lowest BCUT2D eigenvalue weighted by atomic mass is 10.0. The lowest BCUT2D eigenvalue weighted by Gasteiger charge is -2.34. The normalized spacial score (nSPS) is 16.9. The first kappa shape index (κ1) is 22.1. The molecule has 2 N–H and O–H groups in total. The maximum absolute atomic E-state index is 5.55. The highest BCUT2D eigenvalue weighted by atomic mass is 32.2. The van der Waals surface area contributed by atoms with Gasteiger partial charge in [-0.2, -0.15) is 11.8 Å². The number of hydrogen-bond donors (Lipinski definition) is 2. The van der Waals surface area contributed by atoms with Gasteiger partial charge in [0.05, 0.1) is 25.8 Å². The first-order valence-electron chi connectivity index (χ1n) is 10.1. The molecule has 1 aliphatic heterocycles. The van der Waals surface area contributed by atoms with Crippen LogP contribution in [0.3, 0.4) is 0 Å². The fourth-order valence-electron chi connectivity index (χ4n) is 3.21. The number of ether oxygens (including phenoxy) is 1. The number of aliphatic imine (C=N–C) groups is 1. The summed E-state index contributed by atoms with van der Waals surface area (Å²) in [7, 11) is 0. The number of thioether (sulfide) groups is 1. The van der Waals surface area contributed by atoms with Gasteiger partial charge in [-0.05, 0) is 44.3 Å². The fourth-order valence-corrected chi connectivity index (χ4v) is 3.70. The van der Waals surface area contributed by atoms with Crippen LogP contribution in [-0.4, -0.2) is 68.8 Å². The molecule has 0 radical (unpaired) electrons. The average molecular weight is 393 g/mol. The van der Waals surface area contributed by atoms with Gasteiger partial charge < -0.3 is 15.4 Å². The molecule has 0 bridgehead atoms. The molecule has 6 heteroatoms. The Morgan fingerprint density at radius 2 is 1.93 bits per heavy atom. The van der Waals surface area contributed by atoms with Gasteiger partial charge in [0.1, 0.15) is 0 Å². The van der Waals surface area contributed by atoms with Gasteiger partial charge in [0, 0.05) is 26.2 Å². The van der Waals surface area contributed by atoms with Crippen LogP contribution in [0.15, 0.2) is 29.3 Å². The van der Waals surface area contributed by atoms with E-state index in [4.69, 9.17) is 9.73 Å². The summed E-state index contributed by atoms with van der Waals surface area (Å²) in [6.45, 7) is 10.4. The fraction of sp³-hybridized carbons (Fsp3) is 0.667. The van der Waals surface area contributed by atoms with E-state index in [1.165, 1.54) is 29.7 Å². The molecule has 152 valence electrons. The Bertz CT molecular complexity index is 544. The maximum atomic E-state index is 5.55. The molecule has 1 saturated heterocycles. The second kappa shape index (κ2) is 13.0. The van der Waals surface area contributed by atoms with E-state index in [1.54, 1.807) is 0 Å². The molecule has 1 fully saturated rings. The van der Waals surface area contributed by atoms with Crippen LogP contribution >= 0.6 is 11.8 Å². The Kier molecular flexibility index (Phi) is 10.6. The molecule has 5 nitrogen and oxygen atoms in total. The van der Waals surface area contributed by atoms with Crippen molar-refractivity contribution < 1.29 is 4.74 Å². The van der Waals surface area contributed by atoms with Gasteiger partial charge in [-0.3, -0.25) is 9.89 Å². The zero-order chi connectivity index (χ0) is 19.3. The van der Waals surface area contributed by atoms with Crippen molar-refractivity contribution in [2.45, 2.75) is 32.7 Å². The molecule has 1 aromatic rings. The smallest absolute Gasteiger partial charge is 0.191 e. The monoisotopic (exact) mass is 392 g/mol. The minimum absolute atomic E-state index is 0.293. The molecule has 1 aromatic carbocycles. The van der Waals surface area contributed by atoms with Gasteiger partial charge >= 0.3 is 0 Å². The van der Waals surface area contributed by atoms with Crippen LogP contribution in [0.1, 0.15) is 36.9 Å². The second-order valence-electron chi connectivity index (χ2n) is 6.92. The molecule has 0 amide bonds. The summed E-state index contributed by atoms with van der Waals surface area (Å²) in [5, 5.41) is 6.87. The SMILES string of the molecule is CCNC(=NCC(c1ccc(C)cc1)N1CCOCC1)NCCCCSC. The molecular formula is C21H36N4OS. The predicted molar refractivity (Wildman–Crippen MR) is 118 cm³/mol. The van der Waals surface area contributed by atoms with Crippen molar-refractivity contribution in [2.24, 2.45) is 4.99 Å². The van der Waals surface area contributed by atoms with E-state index in [9.17, 15) is 0 Å². The number of morpholine rings is 1. The van der Waals surface area contributed by atoms with Gasteiger partial charge in [0.2, 0.25) is 0 Å². The highest BCUT2D eigenvalue weighted by Crippen LogP contribution is 2.22. The first-order chi connectivity index (χ1) is 13.2. The summed E-state index contributed by atoms with van der Waals surface area (Å²) >= 11 is 1.91. The second-order valence-corrected chi connectivity index (χ2v) is 7.91. The van der Waals surface area contributed by atoms with Crippen LogP contribution in [0, 0.1) is 6.92 Å². The van der Waals surface area contributed by atoms with Gasteiger partial charge in [-0.25, -0.2) is 0 Å². The zero-order valence-corrected chi connectivity index (χ0v) is 18.0. The summed E-state index contributed by atoms with van der Waals surface area (Å²) in [4.78, 5) is 7.41. The van der Waals surface area contributed by atoms with Gasteiger partial charge in [0.25, 0.3) is 0 Å². The molecule has 2 rings (SSSR count). The number of unbranched alkanes of at least 4 members (excludes halogenated alkanes) is 1. The number of aryl methyl sites for hydroxylation is 1. The molecule has 1 aliphatic rings. The third-order valence-electron chi connectivity index (χ3n) is 4.78. The van der Waals surface area contributed by atoms with Gasteiger partial charge in [-0.1, -0.05) is 29.8 Å². The summed E-state index contributed by atoms with van der Waals surface area (Å²) in [6, 6.07) is 9.17. The van der Waals surface area contributed by atoms with Crippen LogP contribution in [0.5, 0.6) is 0 Å². The van der Waals surface area contributed by atoms with Gasteiger partial charge in [0.15, 0.2) is 5.96 Å². The summed E-state index contributed by atoms with van der Waals surface area (Å²) in [5.74, 6) is 2.15. The number of hydrogen-bond acceptors (Lipinski definition) is 4. The van der Waals surface area contributed by atoms with E-state index < -0.39 is 0 Å². The topological polar surface area (TPSA) is 48.9 Å². The Labute approximate surface area is 169 Å². The van der Waals surface area contributed by atoms with Gasteiger partial charge in [-0.15, -0.1) is 0 Å². The Morgan fingerprint density at radius 3 is 2.59 bits per heavy atom. The third-order valence-corrected chi connectivity index (χ3v) is 5.48.